The van der Waals surface area contributed by atoms with Crippen molar-refractivity contribution in [2.75, 3.05) is 0 Å². The molecule has 1 amide bonds. The molecule has 0 aliphatic rings. The number of hydrogen-bond acceptors (Lipinski definition) is 3. The van der Waals surface area contributed by atoms with Crippen molar-refractivity contribution >= 4 is 17.6 Å². The van der Waals surface area contributed by atoms with Crippen LogP contribution >= 0.6 is 0 Å². The SMILES string of the molecule is Cc1cccn2cc(CNC(=O)C=Cc3ccccc3OC(F)(F)F)nc12. The molecule has 0 aliphatic heterocycles. The Kier molecular flexibility index (Phi) is 5.16. The quantitative estimate of drug-likeness (QED) is 0.689. The van der Waals surface area contributed by atoms with Crippen molar-refractivity contribution in [2.24, 2.45) is 0 Å². The molecule has 0 aliphatic carbocycles. The third kappa shape index (κ3) is 4.87. The third-order valence-electron chi connectivity index (χ3n) is 3.73. The minimum absolute atomic E-state index is 0.147. The predicted octanol–water partition coefficient (Wildman–Crippen LogP) is 3.87. The summed E-state index contributed by atoms with van der Waals surface area (Å²) in [5, 5.41) is 2.65. The number of nitrogens with zero attached hydrogens (tertiary/aromatic N) is 2. The van der Waals surface area contributed by atoms with Crippen LogP contribution in [0.3, 0.4) is 0 Å². The number of aromatic nitrogens is 2. The molecule has 1 N–H and O–H groups in total. The van der Waals surface area contributed by atoms with Gasteiger partial charge in [-0.1, -0.05) is 24.3 Å². The lowest BCUT2D eigenvalue weighted by Gasteiger charge is -2.10. The van der Waals surface area contributed by atoms with Crippen LogP contribution in [0.1, 0.15) is 16.8 Å². The number of para-hydroxylation sites is 1. The van der Waals surface area contributed by atoms with Crippen LogP contribution in [-0.4, -0.2) is 21.7 Å². The summed E-state index contributed by atoms with van der Waals surface area (Å²) in [6, 6.07) is 9.42. The lowest BCUT2D eigenvalue weighted by molar-refractivity contribution is -0.274. The van der Waals surface area contributed by atoms with Crippen molar-refractivity contribution in [1.82, 2.24) is 14.7 Å². The van der Waals surface area contributed by atoms with Gasteiger partial charge in [0.15, 0.2) is 0 Å². The number of halogens is 3. The van der Waals surface area contributed by atoms with Crippen molar-refractivity contribution in [2.45, 2.75) is 19.8 Å². The van der Waals surface area contributed by atoms with Gasteiger partial charge in [-0.2, -0.15) is 0 Å². The highest BCUT2D eigenvalue weighted by Crippen LogP contribution is 2.26. The van der Waals surface area contributed by atoms with Crippen LogP contribution in [-0.2, 0) is 11.3 Å². The van der Waals surface area contributed by atoms with E-state index in [1.165, 1.54) is 24.3 Å². The van der Waals surface area contributed by atoms with Crippen molar-refractivity contribution < 1.29 is 22.7 Å². The maximum Gasteiger partial charge on any atom is 0.573 e. The fourth-order valence-corrected chi connectivity index (χ4v) is 2.53. The number of fused-ring (bicyclic) bond motifs is 1. The number of rotatable bonds is 5. The van der Waals surface area contributed by atoms with Gasteiger partial charge in [-0.15, -0.1) is 13.2 Å². The Balaban J connectivity index is 1.64. The largest absolute Gasteiger partial charge is 0.573 e. The number of alkyl halides is 3. The topological polar surface area (TPSA) is 55.6 Å². The van der Waals surface area contributed by atoms with Gasteiger partial charge >= 0.3 is 6.36 Å². The zero-order valence-electron chi connectivity index (χ0n) is 14.3. The molecule has 0 bridgehead atoms. The molecule has 0 unspecified atom stereocenters. The van der Waals surface area contributed by atoms with Gasteiger partial charge in [0.2, 0.25) is 5.91 Å². The summed E-state index contributed by atoms with van der Waals surface area (Å²) in [7, 11) is 0. The molecular weight excluding hydrogens is 359 g/mol. The average molecular weight is 375 g/mol. The number of aryl methyl sites for hydroxylation is 1. The maximum atomic E-state index is 12.4. The van der Waals surface area contributed by atoms with Gasteiger partial charge in [0, 0.05) is 24.0 Å². The van der Waals surface area contributed by atoms with Crippen LogP contribution in [0, 0.1) is 6.92 Å². The van der Waals surface area contributed by atoms with Gasteiger partial charge in [-0.25, -0.2) is 4.98 Å². The van der Waals surface area contributed by atoms with Crippen LogP contribution in [0.4, 0.5) is 13.2 Å². The Hall–Kier alpha value is -3.29. The van der Waals surface area contributed by atoms with Gasteiger partial charge in [0.05, 0.1) is 12.2 Å². The summed E-state index contributed by atoms with van der Waals surface area (Å²) in [4.78, 5) is 16.4. The summed E-state index contributed by atoms with van der Waals surface area (Å²) in [6.45, 7) is 2.14. The van der Waals surface area contributed by atoms with E-state index in [4.69, 9.17) is 0 Å². The number of amides is 1. The molecule has 0 atom stereocenters. The Morgan fingerprint density at radius 1 is 1.26 bits per heavy atom. The van der Waals surface area contributed by atoms with Crippen molar-refractivity contribution in [1.29, 1.82) is 0 Å². The molecule has 0 radical (unpaired) electrons. The van der Waals surface area contributed by atoms with Crippen LogP contribution in [0.5, 0.6) is 5.75 Å². The Labute approximate surface area is 153 Å². The van der Waals surface area contributed by atoms with E-state index in [1.54, 1.807) is 12.3 Å². The second-order valence-corrected chi connectivity index (χ2v) is 5.79. The lowest BCUT2D eigenvalue weighted by atomic mass is 10.2. The van der Waals surface area contributed by atoms with Crippen molar-refractivity contribution in [3.8, 4) is 5.75 Å². The van der Waals surface area contributed by atoms with Gasteiger partial charge in [0.1, 0.15) is 11.4 Å². The normalized spacial score (nSPS) is 11.9. The van der Waals surface area contributed by atoms with Gasteiger partial charge in [-0.3, -0.25) is 4.79 Å². The standard InChI is InChI=1S/C19H16F3N3O2/c1-13-5-4-10-25-12-15(24-18(13)25)11-23-17(26)9-8-14-6-2-3-7-16(14)27-19(20,21)22/h2-10,12H,11H2,1H3,(H,23,26). The van der Waals surface area contributed by atoms with E-state index in [0.29, 0.717) is 5.69 Å². The Morgan fingerprint density at radius 2 is 2.04 bits per heavy atom. The smallest absolute Gasteiger partial charge is 0.405 e. The summed E-state index contributed by atoms with van der Waals surface area (Å²) in [5.41, 5.74) is 2.63. The Bertz CT molecular complexity index is 993. The number of hydrogen-bond donors (Lipinski definition) is 1. The highest BCUT2D eigenvalue weighted by molar-refractivity contribution is 5.92. The minimum Gasteiger partial charge on any atom is -0.405 e. The lowest BCUT2D eigenvalue weighted by Crippen LogP contribution is -2.20. The first-order valence-corrected chi connectivity index (χ1v) is 8.06. The summed E-state index contributed by atoms with van der Waals surface area (Å²) < 4.78 is 43.0. The summed E-state index contributed by atoms with van der Waals surface area (Å²) in [5.74, 6) is -0.824. The van der Waals surface area contributed by atoms with Gasteiger partial charge in [0.25, 0.3) is 0 Å². The van der Waals surface area contributed by atoms with Crippen LogP contribution < -0.4 is 10.1 Å². The molecule has 2 aromatic heterocycles. The molecule has 3 rings (SSSR count). The molecule has 5 nitrogen and oxygen atoms in total. The Morgan fingerprint density at radius 3 is 2.78 bits per heavy atom. The van der Waals surface area contributed by atoms with E-state index < -0.39 is 12.3 Å². The molecule has 0 saturated heterocycles. The molecule has 1 aromatic carbocycles. The van der Waals surface area contributed by atoms with Gasteiger partial charge < -0.3 is 14.5 Å². The molecule has 8 heteroatoms. The number of nitrogens with one attached hydrogen (secondary N) is 1. The highest BCUT2D eigenvalue weighted by Gasteiger charge is 2.31. The van der Waals surface area contributed by atoms with E-state index in [9.17, 15) is 18.0 Å². The molecule has 27 heavy (non-hydrogen) atoms. The van der Waals surface area contributed by atoms with E-state index >= 15 is 0 Å². The summed E-state index contributed by atoms with van der Waals surface area (Å²) in [6.07, 6.45) is 1.29. The average Bonchev–Trinajstić information content (AvgIpc) is 3.02. The number of ether oxygens (including phenoxy) is 1. The molecule has 140 valence electrons. The molecule has 0 spiro atoms. The van der Waals surface area contributed by atoms with Gasteiger partial charge in [-0.05, 0) is 30.7 Å². The zero-order chi connectivity index (χ0) is 19.4. The fourth-order valence-electron chi connectivity index (χ4n) is 2.53. The first kappa shape index (κ1) is 18.5. The number of benzene rings is 1. The molecule has 2 heterocycles. The third-order valence-corrected chi connectivity index (χ3v) is 3.73. The predicted molar refractivity (Wildman–Crippen MR) is 93.9 cm³/mol. The summed E-state index contributed by atoms with van der Waals surface area (Å²) >= 11 is 0. The molecule has 0 saturated carbocycles. The maximum absolute atomic E-state index is 12.4. The van der Waals surface area contributed by atoms with Crippen LogP contribution in [0.15, 0.2) is 54.9 Å². The highest BCUT2D eigenvalue weighted by atomic mass is 19.4. The fraction of sp³-hybridized carbons (Fsp3) is 0.158. The van der Waals surface area contributed by atoms with Crippen LogP contribution in [0.2, 0.25) is 0 Å². The monoisotopic (exact) mass is 375 g/mol. The van der Waals surface area contributed by atoms with E-state index in [-0.39, 0.29) is 17.9 Å². The van der Waals surface area contributed by atoms with Crippen LogP contribution in [0.25, 0.3) is 11.7 Å². The molecular formula is C19H16F3N3O2. The van der Waals surface area contributed by atoms with Crippen molar-refractivity contribution in [3.63, 3.8) is 0 Å². The van der Waals surface area contributed by atoms with E-state index in [1.807, 2.05) is 29.7 Å². The van der Waals surface area contributed by atoms with Crippen molar-refractivity contribution in [3.05, 3.63) is 71.7 Å². The number of imidazole rings is 1. The second kappa shape index (κ2) is 7.53. The van der Waals surface area contributed by atoms with E-state index in [0.717, 1.165) is 17.3 Å². The zero-order valence-corrected chi connectivity index (χ0v) is 14.3. The minimum atomic E-state index is -4.80. The number of pyridine rings is 1. The first-order valence-electron chi connectivity index (χ1n) is 8.06. The molecule has 3 aromatic rings. The first-order chi connectivity index (χ1) is 12.8. The number of carbonyl (C=O) groups excluding carboxylic acids is 1. The molecule has 0 fully saturated rings. The van der Waals surface area contributed by atoms with E-state index in [2.05, 4.69) is 15.0 Å². The second-order valence-electron chi connectivity index (χ2n) is 5.79. The number of carbonyl (C=O) groups is 1.